The molecule has 0 radical (unpaired) electrons. The minimum atomic E-state index is 1.12. The zero-order chi connectivity index (χ0) is 14.8. The number of hydrogen-bond acceptors (Lipinski definition) is 0. The first kappa shape index (κ1) is 14.4. The van der Waals surface area contributed by atoms with Gasteiger partial charge in [-0.2, -0.15) is 0 Å². The Morgan fingerprint density at radius 1 is 0.857 bits per heavy atom. The molecule has 1 aromatic heterocycles. The van der Waals surface area contributed by atoms with Crippen LogP contribution < -0.4 is 0 Å². The van der Waals surface area contributed by atoms with Crippen molar-refractivity contribution < 1.29 is 0 Å². The standard InChI is InChI=1S/C20H27N/c1-15-10-6-4-5-7-11-18-17-12-8-9-13-19(17)21(3)20(18)14-16(15)2/h8-9,12-13H,4-7,10-11,14H2,1-3H3/b16-15-. The van der Waals surface area contributed by atoms with Gasteiger partial charge in [0, 0.05) is 30.1 Å². The molecule has 0 fully saturated rings. The molecule has 0 saturated heterocycles. The van der Waals surface area contributed by atoms with Gasteiger partial charge in [0.2, 0.25) is 0 Å². The summed E-state index contributed by atoms with van der Waals surface area (Å²) in [5.74, 6) is 0. The molecule has 0 unspecified atom stereocenters. The van der Waals surface area contributed by atoms with Gasteiger partial charge >= 0.3 is 0 Å². The largest absolute Gasteiger partial charge is 0.347 e. The first-order valence-corrected chi connectivity index (χ1v) is 8.39. The van der Waals surface area contributed by atoms with Crippen LogP contribution in [0.15, 0.2) is 35.4 Å². The number of fused-ring (bicyclic) bond motifs is 3. The minimum absolute atomic E-state index is 1.12. The average Bonchev–Trinajstić information content (AvgIpc) is 2.74. The number of aromatic nitrogens is 1. The van der Waals surface area contributed by atoms with Gasteiger partial charge in [0.05, 0.1) is 0 Å². The number of allylic oxidation sites excluding steroid dienone is 2. The fourth-order valence-electron chi connectivity index (χ4n) is 3.69. The molecule has 0 atom stereocenters. The summed E-state index contributed by atoms with van der Waals surface area (Å²) in [6, 6.07) is 8.91. The summed E-state index contributed by atoms with van der Waals surface area (Å²) in [7, 11) is 2.24. The van der Waals surface area contributed by atoms with Crippen molar-refractivity contribution in [3.63, 3.8) is 0 Å². The van der Waals surface area contributed by atoms with E-state index in [1.54, 1.807) is 16.7 Å². The first-order valence-electron chi connectivity index (χ1n) is 8.39. The number of benzene rings is 1. The van der Waals surface area contributed by atoms with E-state index in [-0.39, 0.29) is 0 Å². The molecule has 1 nitrogen and oxygen atoms in total. The molecular formula is C20H27N. The van der Waals surface area contributed by atoms with Gasteiger partial charge in [-0.15, -0.1) is 0 Å². The van der Waals surface area contributed by atoms with Crippen LogP contribution in [0.3, 0.4) is 0 Å². The van der Waals surface area contributed by atoms with Gasteiger partial charge in [-0.3, -0.25) is 0 Å². The van der Waals surface area contributed by atoms with Crippen LogP contribution in [-0.4, -0.2) is 4.57 Å². The van der Waals surface area contributed by atoms with E-state index < -0.39 is 0 Å². The monoisotopic (exact) mass is 281 g/mol. The van der Waals surface area contributed by atoms with Crippen LogP contribution in [0.1, 0.15) is 57.2 Å². The normalized spacial score (nSPS) is 21.1. The van der Waals surface area contributed by atoms with Crippen molar-refractivity contribution in [1.82, 2.24) is 4.57 Å². The van der Waals surface area contributed by atoms with Crippen molar-refractivity contribution in [2.75, 3.05) is 0 Å². The smallest absolute Gasteiger partial charge is 0.0482 e. The molecule has 0 aliphatic heterocycles. The molecule has 1 heteroatoms. The maximum Gasteiger partial charge on any atom is 0.0482 e. The van der Waals surface area contributed by atoms with Crippen molar-refractivity contribution in [3.8, 4) is 0 Å². The first-order chi connectivity index (χ1) is 10.2. The van der Waals surface area contributed by atoms with Crippen molar-refractivity contribution >= 4 is 10.9 Å². The van der Waals surface area contributed by atoms with E-state index in [0.717, 1.165) is 6.42 Å². The van der Waals surface area contributed by atoms with E-state index in [4.69, 9.17) is 0 Å². The zero-order valence-corrected chi connectivity index (χ0v) is 13.7. The zero-order valence-electron chi connectivity index (χ0n) is 13.7. The van der Waals surface area contributed by atoms with E-state index in [2.05, 4.69) is 49.7 Å². The van der Waals surface area contributed by atoms with E-state index in [0.29, 0.717) is 0 Å². The maximum atomic E-state index is 2.43. The minimum Gasteiger partial charge on any atom is -0.347 e. The van der Waals surface area contributed by atoms with Crippen LogP contribution >= 0.6 is 0 Å². The molecule has 1 aliphatic carbocycles. The molecule has 1 aromatic carbocycles. The number of para-hydroxylation sites is 1. The summed E-state index contributed by atoms with van der Waals surface area (Å²) < 4.78 is 2.43. The second-order valence-electron chi connectivity index (χ2n) is 6.65. The summed E-state index contributed by atoms with van der Waals surface area (Å²) in [5, 5.41) is 1.47. The van der Waals surface area contributed by atoms with E-state index in [9.17, 15) is 0 Å². The van der Waals surface area contributed by atoms with Crippen LogP contribution in [0.4, 0.5) is 0 Å². The molecule has 112 valence electrons. The Hall–Kier alpha value is -1.50. The highest BCUT2D eigenvalue weighted by molar-refractivity contribution is 5.85. The van der Waals surface area contributed by atoms with Gasteiger partial charge in [0.15, 0.2) is 0 Å². The Bertz CT molecular complexity index is 672. The fourth-order valence-corrected chi connectivity index (χ4v) is 3.69. The van der Waals surface area contributed by atoms with Crippen molar-refractivity contribution in [3.05, 3.63) is 46.7 Å². The summed E-state index contributed by atoms with van der Waals surface area (Å²) in [5.41, 5.74) is 7.71. The van der Waals surface area contributed by atoms with Crippen LogP contribution in [0, 0.1) is 0 Å². The Morgan fingerprint density at radius 2 is 1.57 bits per heavy atom. The van der Waals surface area contributed by atoms with Gasteiger partial charge < -0.3 is 4.57 Å². The maximum absolute atomic E-state index is 2.43. The Balaban J connectivity index is 2.13. The highest BCUT2D eigenvalue weighted by atomic mass is 14.9. The number of hydrogen-bond donors (Lipinski definition) is 0. The third-order valence-electron chi connectivity index (χ3n) is 5.23. The number of nitrogens with zero attached hydrogens (tertiary/aromatic N) is 1. The molecule has 3 rings (SSSR count). The molecule has 0 bridgehead atoms. The second kappa shape index (κ2) is 6.09. The number of aryl methyl sites for hydroxylation is 2. The highest BCUT2D eigenvalue weighted by Crippen LogP contribution is 2.30. The lowest BCUT2D eigenvalue weighted by atomic mass is 9.99. The van der Waals surface area contributed by atoms with Crippen molar-refractivity contribution in [2.24, 2.45) is 7.05 Å². The van der Waals surface area contributed by atoms with Crippen LogP contribution in [0.2, 0.25) is 0 Å². The lowest BCUT2D eigenvalue weighted by molar-refractivity contribution is 0.639. The Labute approximate surface area is 128 Å². The SMILES string of the molecule is C/C1=C(\C)Cc2c(c3ccccc3n2C)CCCCCC1. The van der Waals surface area contributed by atoms with E-state index in [1.165, 1.54) is 55.1 Å². The van der Waals surface area contributed by atoms with Crippen molar-refractivity contribution in [2.45, 2.75) is 58.8 Å². The van der Waals surface area contributed by atoms with Gasteiger partial charge in [0.1, 0.15) is 0 Å². The molecule has 0 N–H and O–H groups in total. The molecule has 0 spiro atoms. The third-order valence-corrected chi connectivity index (χ3v) is 5.23. The van der Waals surface area contributed by atoms with Gasteiger partial charge in [-0.25, -0.2) is 0 Å². The summed E-state index contributed by atoms with van der Waals surface area (Å²) in [4.78, 5) is 0. The lowest BCUT2D eigenvalue weighted by Crippen LogP contribution is -2.02. The predicted molar refractivity (Wildman–Crippen MR) is 91.8 cm³/mol. The second-order valence-corrected chi connectivity index (χ2v) is 6.65. The van der Waals surface area contributed by atoms with Gasteiger partial charge in [0.25, 0.3) is 0 Å². The van der Waals surface area contributed by atoms with Crippen molar-refractivity contribution in [1.29, 1.82) is 0 Å². The summed E-state index contributed by atoms with van der Waals surface area (Å²) >= 11 is 0. The fraction of sp³-hybridized carbons (Fsp3) is 0.500. The summed E-state index contributed by atoms with van der Waals surface area (Å²) in [6.07, 6.45) is 9.08. The van der Waals surface area contributed by atoms with Gasteiger partial charge in [-0.1, -0.05) is 42.2 Å². The molecule has 21 heavy (non-hydrogen) atoms. The molecule has 0 amide bonds. The molecular weight excluding hydrogens is 254 g/mol. The summed E-state index contributed by atoms with van der Waals surface area (Å²) in [6.45, 7) is 4.66. The predicted octanol–water partition coefficient (Wildman–Crippen LogP) is 5.56. The van der Waals surface area contributed by atoms with Gasteiger partial charge in [-0.05, 0) is 51.2 Å². The third kappa shape index (κ3) is 2.79. The molecule has 1 heterocycles. The average molecular weight is 281 g/mol. The Kier molecular flexibility index (Phi) is 4.19. The topological polar surface area (TPSA) is 4.93 Å². The molecule has 0 saturated carbocycles. The quantitative estimate of drug-likeness (QED) is 0.557. The highest BCUT2D eigenvalue weighted by Gasteiger charge is 2.16. The van der Waals surface area contributed by atoms with Crippen LogP contribution in [0.5, 0.6) is 0 Å². The lowest BCUT2D eigenvalue weighted by Gasteiger charge is -2.11. The Morgan fingerprint density at radius 3 is 2.38 bits per heavy atom. The molecule has 1 aliphatic rings. The van der Waals surface area contributed by atoms with E-state index in [1.807, 2.05) is 0 Å². The van der Waals surface area contributed by atoms with E-state index >= 15 is 0 Å². The molecule has 2 aromatic rings. The number of rotatable bonds is 0. The van der Waals surface area contributed by atoms with Crippen LogP contribution in [0.25, 0.3) is 10.9 Å². The van der Waals surface area contributed by atoms with Crippen LogP contribution in [-0.2, 0) is 19.9 Å².